The van der Waals surface area contributed by atoms with Crippen LogP contribution in [-0.4, -0.2) is 37.2 Å². The molecule has 0 saturated carbocycles. The number of hydrogen-bond donors (Lipinski definition) is 0. The zero-order valence-corrected chi connectivity index (χ0v) is 35.1. The molecule has 0 aliphatic rings. The Balaban J connectivity index is 4.24. The Morgan fingerprint density at radius 2 is 0.519 bits per heavy atom. The number of carbonyl (C=O) groups excluding carboxylic acids is 3. The summed E-state index contributed by atoms with van der Waals surface area (Å²) in [4.78, 5) is 37.6. The molecule has 308 valence electrons. The van der Waals surface area contributed by atoms with Crippen molar-refractivity contribution in [1.29, 1.82) is 0 Å². The maximum absolute atomic E-state index is 12.7. The van der Waals surface area contributed by atoms with Crippen LogP contribution in [0.4, 0.5) is 0 Å². The first kappa shape index (κ1) is 50.4. The van der Waals surface area contributed by atoms with Gasteiger partial charge in [-0.3, -0.25) is 14.4 Å². The van der Waals surface area contributed by atoms with Crippen molar-refractivity contribution >= 4 is 17.9 Å². The maximum Gasteiger partial charge on any atom is 0.306 e. The quantitative estimate of drug-likeness (QED) is 0.0353. The minimum Gasteiger partial charge on any atom is -0.462 e. The molecule has 0 bridgehead atoms. The first-order valence-electron chi connectivity index (χ1n) is 23.0. The molecular weight excluding hydrogens is 648 g/mol. The second-order valence-corrected chi connectivity index (χ2v) is 15.7. The molecule has 0 spiro atoms. The molecule has 1 atom stereocenters. The lowest BCUT2D eigenvalue weighted by Gasteiger charge is -2.18. The third-order valence-electron chi connectivity index (χ3n) is 10.4. The van der Waals surface area contributed by atoms with Crippen molar-refractivity contribution in [2.75, 3.05) is 13.2 Å². The van der Waals surface area contributed by atoms with Crippen molar-refractivity contribution in [3.8, 4) is 0 Å². The molecular formula is C46H88O6. The molecule has 0 aliphatic carbocycles. The van der Waals surface area contributed by atoms with Crippen LogP contribution in [0.3, 0.4) is 0 Å². The monoisotopic (exact) mass is 737 g/mol. The van der Waals surface area contributed by atoms with E-state index in [1.165, 1.54) is 161 Å². The van der Waals surface area contributed by atoms with Gasteiger partial charge in [0.1, 0.15) is 13.2 Å². The molecule has 0 aromatic heterocycles. The Morgan fingerprint density at radius 1 is 0.308 bits per heavy atom. The molecule has 52 heavy (non-hydrogen) atoms. The minimum atomic E-state index is -0.757. The van der Waals surface area contributed by atoms with Crippen molar-refractivity contribution in [3.63, 3.8) is 0 Å². The van der Waals surface area contributed by atoms with E-state index in [0.717, 1.165) is 57.8 Å². The summed E-state index contributed by atoms with van der Waals surface area (Å²) in [6.45, 7) is 6.61. The highest BCUT2D eigenvalue weighted by Crippen LogP contribution is 2.16. The second kappa shape index (κ2) is 42.2. The molecule has 0 N–H and O–H groups in total. The Bertz CT molecular complexity index is 768. The molecule has 0 rings (SSSR count). The number of unbranched alkanes of at least 4 members (excludes halogenated alkanes) is 31. The predicted molar refractivity (Wildman–Crippen MR) is 220 cm³/mol. The lowest BCUT2D eigenvalue weighted by atomic mass is 10.0. The summed E-state index contributed by atoms with van der Waals surface area (Å²) >= 11 is 0. The van der Waals surface area contributed by atoms with Crippen LogP contribution in [-0.2, 0) is 28.6 Å². The number of rotatable bonds is 42. The topological polar surface area (TPSA) is 78.9 Å². The van der Waals surface area contributed by atoms with Gasteiger partial charge >= 0.3 is 17.9 Å². The van der Waals surface area contributed by atoms with Crippen molar-refractivity contribution in [2.24, 2.45) is 0 Å². The van der Waals surface area contributed by atoms with E-state index in [9.17, 15) is 14.4 Å². The van der Waals surface area contributed by atoms with Gasteiger partial charge in [-0.15, -0.1) is 0 Å². The third kappa shape index (κ3) is 39.6. The molecule has 0 aromatic carbocycles. The Kier molecular flexibility index (Phi) is 40.9. The van der Waals surface area contributed by atoms with E-state index in [4.69, 9.17) is 14.2 Å². The Labute approximate surface area is 323 Å². The van der Waals surface area contributed by atoms with Crippen LogP contribution in [0.15, 0.2) is 0 Å². The normalized spacial score (nSPS) is 11.8. The van der Waals surface area contributed by atoms with Crippen LogP contribution in [0, 0.1) is 0 Å². The fourth-order valence-electron chi connectivity index (χ4n) is 6.85. The molecule has 6 heteroatoms. The second-order valence-electron chi connectivity index (χ2n) is 15.7. The first-order chi connectivity index (χ1) is 25.5. The fraction of sp³-hybridized carbons (Fsp3) is 0.935. The van der Waals surface area contributed by atoms with Gasteiger partial charge in [0.2, 0.25) is 0 Å². The molecule has 0 radical (unpaired) electrons. The standard InChI is InChI=1S/C46H88O6/c1-4-7-10-13-16-18-20-22-23-24-26-27-30-33-36-39-45(48)51-42-43(41-50-44(47)38-35-32-29-15-12-9-6-3)52-46(49)40-37-34-31-28-25-21-19-17-14-11-8-5-2/h43H,4-42H2,1-3H3. The summed E-state index contributed by atoms with van der Waals surface area (Å²) < 4.78 is 16.7. The van der Waals surface area contributed by atoms with Crippen LogP contribution >= 0.6 is 0 Å². The van der Waals surface area contributed by atoms with Crippen molar-refractivity contribution in [2.45, 2.75) is 264 Å². The van der Waals surface area contributed by atoms with Crippen molar-refractivity contribution in [1.82, 2.24) is 0 Å². The number of ether oxygens (including phenoxy) is 3. The zero-order chi connectivity index (χ0) is 38.0. The largest absolute Gasteiger partial charge is 0.462 e. The Morgan fingerprint density at radius 3 is 0.769 bits per heavy atom. The van der Waals surface area contributed by atoms with E-state index in [1.54, 1.807) is 0 Å². The van der Waals surface area contributed by atoms with E-state index >= 15 is 0 Å². The van der Waals surface area contributed by atoms with E-state index in [1.807, 2.05) is 0 Å². The minimum absolute atomic E-state index is 0.0630. The highest BCUT2D eigenvalue weighted by Gasteiger charge is 2.19. The lowest BCUT2D eigenvalue weighted by Crippen LogP contribution is -2.30. The van der Waals surface area contributed by atoms with Gasteiger partial charge in [-0.2, -0.15) is 0 Å². The molecule has 0 aromatic rings. The fourth-order valence-corrected chi connectivity index (χ4v) is 6.85. The van der Waals surface area contributed by atoms with Crippen LogP contribution in [0.25, 0.3) is 0 Å². The number of carbonyl (C=O) groups is 3. The molecule has 0 amide bonds. The molecule has 0 saturated heterocycles. The van der Waals surface area contributed by atoms with Crippen LogP contribution in [0.2, 0.25) is 0 Å². The SMILES string of the molecule is CCCCCCCCCCCCCCCCCC(=O)OCC(COC(=O)CCCCCCCCC)OC(=O)CCCCCCCCCCCCCC. The molecule has 0 heterocycles. The van der Waals surface area contributed by atoms with Crippen molar-refractivity contribution < 1.29 is 28.6 Å². The molecule has 1 unspecified atom stereocenters. The highest BCUT2D eigenvalue weighted by molar-refractivity contribution is 5.71. The number of esters is 3. The maximum atomic E-state index is 12.7. The van der Waals surface area contributed by atoms with E-state index in [2.05, 4.69) is 20.8 Å². The molecule has 0 aliphatic heterocycles. The average Bonchev–Trinajstić information content (AvgIpc) is 3.14. The summed E-state index contributed by atoms with van der Waals surface area (Å²) in [5, 5.41) is 0. The van der Waals surface area contributed by atoms with Gasteiger partial charge in [0, 0.05) is 19.3 Å². The summed E-state index contributed by atoms with van der Waals surface area (Å²) in [6.07, 6.45) is 42.3. The lowest BCUT2D eigenvalue weighted by molar-refractivity contribution is -0.167. The third-order valence-corrected chi connectivity index (χ3v) is 10.4. The van der Waals surface area contributed by atoms with Gasteiger partial charge in [-0.1, -0.05) is 220 Å². The van der Waals surface area contributed by atoms with E-state index < -0.39 is 6.10 Å². The first-order valence-corrected chi connectivity index (χ1v) is 23.0. The zero-order valence-electron chi connectivity index (χ0n) is 35.1. The molecule has 0 fully saturated rings. The van der Waals surface area contributed by atoms with E-state index in [-0.39, 0.29) is 31.1 Å². The van der Waals surface area contributed by atoms with Gasteiger partial charge in [0.15, 0.2) is 6.10 Å². The van der Waals surface area contributed by atoms with Crippen LogP contribution in [0.5, 0.6) is 0 Å². The smallest absolute Gasteiger partial charge is 0.306 e. The number of hydrogen-bond acceptors (Lipinski definition) is 6. The Hall–Kier alpha value is -1.59. The summed E-state index contributed by atoms with van der Waals surface area (Å²) in [5.74, 6) is -0.857. The van der Waals surface area contributed by atoms with E-state index in [0.29, 0.717) is 19.3 Å². The highest BCUT2D eigenvalue weighted by atomic mass is 16.6. The average molecular weight is 737 g/mol. The van der Waals surface area contributed by atoms with Gasteiger partial charge < -0.3 is 14.2 Å². The van der Waals surface area contributed by atoms with Gasteiger partial charge in [-0.05, 0) is 19.3 Å². The van der Waals surface area contributed by atoms with Gasteiger partial charge in [-0.25, -0.2) is 0 Å². The van der Waals surface area contributed by atoms with Gasteiger partial charge in [0.25, 0.3) is 0 Å². The molecule has 6 nitrogen and oxygen atoms in total. The predicted octanol–water partition coefficient (Wildman–Crippen LogP) is 14.5. The van der Waals surface area contributed by atoms with Crippen LogP contribution < -0.4 is 0 Å². The van der Waals surface area contributed by atoms with Crippen molar-refractivity contribution in [3.05, 3.63) is 0 Å². The summed E-state index contributed by atoms with van der Waals surface area (Å²) in [6, 6.07) is 0. The van der Waals surface area contributed by atoms with Crippen LogP contribution in [0.1, 0.15) is 258 Å². The summed E-state index contributed by atoms with van der Waals surface area (Å²) in [7, 11) is 0. The summed E-state index contributed by atoms with van der Waals surface area (Å²) in [5.41, 5.74) is 0. The van der Waals surface area contributed by atoms with Gasteiger partial charge in [0.05, 0.1) is 0 Å².